The van der Waals surface area contributed by atoms with Crippen molar-refractivity contribution in [2.75, 3.05) is 11.9 Å². The fourth-order valence-electron chi connectivity index (χ4n) is 4.85. The van der Waals surface area contributed by atoms with Crippen LogP contribution in [-0.2, 0) is 11.5 Å². The molecule has 0 spiro atoms. The molecule has 2 aromatic heterocycles. The number of benzene rings is 3. The smallest absolute Gasteiger partial charge is 0.266 e. The Morgan fingerprint density at radius 1 is 1.02 bits per heavy atom. The number of aromatic nitrogens is 2. The van der Waals surface area contributed by atoms with Crippen molar-refractivity contribution in [2.24, 2.45) is 0 Å². The van der Waals surface area contributed by atoms with E-state index in [0.717, 1.165) is 18.2 Å². The number of pyridine rings is 1. The van der Waals surface area contributed by atoms with Gasteiger partial charge in [0.2, 0.25) is 0 Å². The highest BCUT2D eigenvalue weighted by Crippen LogP contribution is 2.41. The second kappa shape index (κ2) is 14.9. The molecule has 5 aromatic rings. The first-order valence-corrected chi connectivity index (χ1v) is 19.5. The molecule has 0 unspecified atom stereocenters. The van der Waals surface area contributed by atoms with E-state index in [9.17, 15) is 5.26 Å². The molecule has 0 aliphatic carbocycles. The van der Waals surface area contributed by atoms with E-state index in [1.807, 2.05) is 36.7 Å². The number of hydrogen-bond donors (Lipinski definition) is 1. The molecular weight excluding hydrogens is 651 g/mol. The van der Waals surface area contributed by atoms with E-state index >= 15 is 8.78 Å². The number of anilines is 1. The lowest BCUT2D eigenvalue weighted by molar-refractivity contribution is 0.0899. The zero-order chi connectivity index (χ0) is 34.4. The topological polar surface area (TPSA) is 90.6 Å². The first kappa shape index (κ1) is 34.5. The number of halogens is 2. The highest BCUT2D eigenvalue weighted by molar-refractivity contribution is 7.80. The van der Waals surface area contributed by atoms with Gasteiger partial charge in [0.15, 0.2) is 17.4 Å². The van der Waals surface area contributed by atoms with E-state index in [-0.39, 0.29) is 29.4 Å². The van der Waals surface area contributed by atoms with Crippen LogP contribution in [0.15, 0.2) is 79.1 Å². The average Bonchev–Trinajstić information content (AvgIpc) is 3.40. The molecule has 0 aliphatic rings. The van der Waals surface area contributed by atoms with Crippen LogP contribution in [0.4, 0.5) is 14.5 Å². The van der Waals surface area contributed by atoms with Crippen LogP contribution >= 0.6 is 12.2 Å². The third-order valence-corrected chi connectivity index (χ3v) is 9.02. The summed E-state index contributed by atoms with van der Waals surface area (Å²) < 4.78 is 56.1. The molecule has 3 aromatic carbocycles. The number of nitriles is 1. The van der Waals surface area contributed by atoms with Gasteiger partial charge in [-0.2, -0.15) is 5.26 Å². The fourth-order valence-corrected chi connectivity index (χ4v) is 5.82. The summed E-state index contributed by atoms with van der Waals surface area (Å²) in [5.74, 6) is -1.42. The van der Waals surface area contributed by atoms with Crippen molar-refractivity contribution in [1.29, 1.82) is 5.26 Å². The Labute approximate surface area is 284 Å². The lowest BCUT2D eigenvalue weighted by atomic mass is 10.0. The lowest BCUT2D eigenvalue weighted by Gasteiger charge is -2.15. The zero-order valence-electron chi connectivity index (χ0n) is 27.3. The standard InChI is InChI=1S/C36H36F2N4O4SSi/c1-23(2)44-31-12-11-24(17-25(31)20-39)28-21-42(22-43-15-16-48(3,4)5)35-33(28)32(13-14-40-35)46-34-29(37)18-26(19-30(34)38)41-36(47)45-27-9-7-6-8-10-27/h6-14,17-19,21,23H,15-16,22H2,1-5H3,(H,41,47). The largest absolute Gasteiger partial charge is 0.490 e. The van der Waals surface area contributed by atoms with Gasteiger partial charge in [-0.25, -0.2) is 13.8 Å². The summed E-state index contributed by atoms with van der Waals surface area (Å²) in [6, 6.07) is 20.9. The fraction of sp³-hybridized carbons (Fsp3) is 0.250. The molecule has 0 saturated carbocycles. The summed E-state index contributed by atoms with van der Waals surface area (Å²) in [5, 5.41) is 13.0. The number of para-hydroxylation sites is 1. The minimum atomic E-state index is -1.32. The van der Waals surface area contributed by atoms with Gasteiger partial charge < -0.3 is 28.8 Å². The summed E-state index contributed by atoms with van der Waals surface area (Å²) in [4.78, 5) is 4.58. The van der Waals surface area contributed by atoms with Crippen LogP contribution in [-0.4, -0.2) is 35.5 Å². The van der Waals surface area contributed by atoms with Crippen molar-refractivity contribution in [3.8, 4) is 40.2 Å². The molecule has 1 N–H and O–H groups in total. The van der Waals surface area contributed by atoms with Gasteiger partial charge in [-0.3, -0.25) is 0 Å². The molecule has 0 aliphatic heterocycles. The van der Waals surface area contributed by atoms with Crippen LogP contribution in [0.25, 0.3) is 22.2 Å². The predicted molar refractivity (Wildman–Crippen MR) is 189 cm³/mol. The van der Waals surface area contributed by atoms with Crippen LogP contribution < -0.4 is 19.5 Å². The van der Waals surface area contributed by atoms with Crippen LogP contribution in [0.3, 0.4) is 0 Å². The van der Waals surface area contributed by atoms with Crippen molar-refractivity contribution in [2.45, 2.75) is 52.4 Å². The lowest BCUT2D eigenvalue weighted by Crippen LogP contribution is -2.22. The van der Waals surface area contributed by atoms with Crippen molar-refractivity contribution in [1.82, 2.24) is 9.55 Å². The molecule has 0 bridgehead atoms. The van der Waals surface area contributed by atoms with E-state index in [2.05, 4.69) is 36.0 Å². The number of rotatable bonds is 12. The molecule has 0 amide bonds. The van der Waals surface area contributed by atoms with Gasteiger partial charge in [-0.05, 0) is 68.0 Å². The second-order valence-corrected chi connectivity index (χ2v) is 18.5. The number of fused-ring (bicyclic) bond motifs is 1. The summed E-state index contributed by atoms with van der Waals surface area (Å²) in [6.45, 7) is 11.4. The first-order chi connectivity index (χ1) is 22.9. The van der Waals surface area contributed by atoms with Gasteiger partial charge in [0, 0.05) is 50.5 Å². The molecule has 0 fully saturated rings. The van der Waals surface area contributed by atoms with Crippen molar-refractivity contribution in [3.05, 3.63) is 96.3 Å². The number of thiocarbonyl (C=S) groups is 1. The monoisotopic (exact) mass is 686 g/mol. The minimum Gasteiger partial charge on any atom is -0.490 e. The summed E-state index contributed by atoms with van der Waals surface area (Å²) in [6.07, 6.45) is 3.22. The Balaban J connectivity index is 1.50. The Bertz CT molecular complexity index is 1950. The minimum absolute atomic E-state index is 0.0493. The number of ether oxygens (including phenoxy) is 4. The van der Waals surface area contributed by atoms with E-state index < -0.39 is 25.5 Å². The normalized spacial score (nSPS) is 11.4. The van der Waals surface area contributed by atoms with E-state index in [1.165, 1.54) is 12.3 Å². The molecule has 0 atom stereocenters. The number of nitrogens with zero attached hydrogens (tertiary/aromatic N) is 3. The SMILES string of the molecule is CC(C)Oc1ccc(-c2cn(COCC[Si](C)(C)C)c3nccc(Oc4c(F)cc(NC(=S)Oc5ccccc5)cc4F)c23)cc1C#N. The molecule has 8 nitrogen and oxygen atoms in total. The van der Waals surface area contributed by atoms with Crippen LogP contribution in [0.5, 0.6) is 23.0 Å². The quantitative estimate of drug-likeness (QED) is 0.0789. The number of hydrogen-bond acceptors (Lipinski definition) is 7. The zero-order valence-corrected chi connectivity index (χ0v) is 29.2. The molecule has 2 heterocycles. The van der Waals surface area contributed by atoms with Crippen molar-refractivity contribution >= 4 is 42.2 Å². The average molecular weight is 687 g/mol. The Morgan fingerprint density at radius 2 is 1.75 bits per heavy atom. The van der Waals surface area contributed by atoms with Gasteiger partial charge in [0.1, 0.15) is 35.7 Å². The third kappa shape index (κ3) is 8.54. The summed E-state index contributed by atoms with van der Waals surface area (Å²) in [7, 11) is -1.32. The molecule has 12 heteroatoms. The molecule has 48 heavy (non-hydrogen) atoms. The van der Waals surface area contributed by atoms with Crippen LogP contribution in [0.2, 0.25) is 25.7 Å². The van der Waals surface area contributed by atoms with Crippen LogP contribution in [0, 0.1) is 23.0 Å². The third-order valence-electron chi connectivity index (χ3n) is 7.13. The van der Waals surface area contributed by atoms with E-state index in [1.54, 1.807) is 36.4 Å². The summed E-state index contributed by atoms with van der Waals surface area (Å²) >= 11 is 5.21. The molecule has 248 valence electrons. The highest BCUT2D eigenvalue weighted by atomic mass is 32.1. The van der Waals surface area contributed by atoms with Gasteiger partial charge in [-0.1, -0.05) is 43.9 Å². The Hall–Kier alpha value is -4.83. The van der Waals surface area contributed by atoms with Gasteiger partial charge >= 0.3 is 0 Å². The second-order valence-electron chi connectivity index (χ2n) is 12.6. The van der Waals surface area contributed by atoms with Crippen molar-refractivity contribution in [3.63, 3.8) is 0 Å². The molecule has 0 saturated heterocycles. The molecule has 0 radical (unpaired) electrons. The Morgan fingerprint density at radius 3 is 2.42 bits per heavy atom. The van der Waals surface area contributed by atoms with Gasteiger partial charge in [0.25, 0.3) is 5.17 Å². The summed E-state index contributed by atoms with van der Waals surface area (Å²) in [5.41, 5.74) is 2.18. The van der Waals surface area contributed by atoms with Gasteiger partial charge in [-0.15, -0.1) is 0 Å². The first-order valence-electron chi connectivity index (χ1n) is 15.4. The number of nitrogens with one attached hydrogen (secondary N) is 1. The molecule has 5 rings (SSSR count). The van der Waals surface area contributed by atoms with Crippen molar-refractivity contribution < 1.29 is 27.7 Å². The maximum absolute atomic E-state index is 15.5. The van der Waals surface area contributed by atoms with Gasteiger partial charge in [0.05, 0.1) is 17.1 Å². The van der Waals surface area contributed by atoms with E-state index in [0.29, 0.717) is 45.8 Å². The van der Waals surface area contributed by atoms with E-state index in [4.69, 9.17) is 31.2 Å². The predicted octanol–water partition coefficient (Wildman–Crippen LogP) is 9.52. The maximum Gasteiger partial charge on any atom is 0.266 e. The van der Waals surface area contributed by atoms with Crippen LogP contribution in [0.1, 0.15) is 19.4 Å². The maximum atomic E-state index is 15.5. The Kier molecular flexibility index (Phi) is 10.7. The molecular formula is C36H36F2N4O4SSi. The highest BCUT2D eigenvalue weighted by Gasteiger charge is 2.22.